The van der Waals surface area contributed by atoms with Crippen LogP contribution in [0.2, 0.25) is 5.02 Å². The van der Waals surface area contributed by atoms with E-state index in [0.29, 0.717) is 40.5 Å². The molecule has 0 unspecified atom stereocenters. The van der Waals surface area contributed by atoms with Crippen molar-refractivity contribution in [2.45, 2.75) is 74.5 Å². The number of hydrogen-bond donors (Lipinski definition) is 5. The lowest BCUT2D eigenvalue weighted by Crippen LogP contribution is -2.40. The Labute approximate surface area is 659 Å². The van der Waals surface area contributed by atoms with Crippen LogP contribution < -0.4 is 53.2 Å². The molecular weight excluding hydrogens is 1540 g/mol. The second-order valence-corrected chi connectivity index (χ2v) is 31.3. The van der Waals surface area contributed by atoms with Gasteiger partial charge in [0.2, 0.25) is 29.8 Å². The fraction of sp³-hybridized carbons (Fsp3) is 0.200. The fourth-order valence-electron chi connectivity index (χ4n) is 13.5. The first kappa shape index (κ1) is 77.1. The van der Waals surface area contributed by atoms with E-state index < -0.39 is 9.84 Å². The number of pyridine rings is 1. The highest BCUT2D eigenvalue weighted by Crippen LogP contribution is 2.39. The Morgan fingerprint density at radius 1 is 0.444 bits per heavy atom. The molecule has 6 heterocycles. The van der Waals surface area contributed by atoms with Gasteiger partial charge >= 0.3 is 0 Å². The van der Waals surface area contributed by atoms with Crippen LogP contribution in [0, 0.1) is 0 Å². The number of hydrogen-bond acceptors (Lipinski definition) is 9. The van der Waals surface area contributed by atoms with Crippen molar-refractivity contribution in [1.29, 1.82) is 0 Å². The Balaban J connectivity index is 0.000000126. The summed E-state index contributed by atoms with van der Waals surface area (Å²) < 4.78 is 25.6. The molecule has 0 amide bonds. The smallest absolute Gasteiger partial charge is 0.201 e. The average Bonchev–Trinajstić information content (AvgIpc) is 0.812. The Hall–Kier alpha value is -10.5. The van der Waals surface area contributed by atoms with Crippen molar-refractivity contribution in [3.05, 3.63) is 291 Å². The highest BCUT2D eigenvalue weighted by Gasteiger charge is 2.25. The third-order valence-corrected chi connectivity index (χ3v) is 22.3. The predicted molar refractivity (Wildman–Crippen MR) is 460 cm³/mol. The quantitative estimate of drug-likeness (QED) is 0.0735. The zero-order valence-electron chi connectivity index (χ0n) is 60.4. The van der Waals surface area contributed by atoms with E-state index >= 15 is 0 Å². The second kappa shape index (κ2) is 36.9. The molecule has 0 fully saturated rings. The van der Waals surface area contributed by atoms with Gasteiger partial charge in [-0.05, 0) is 205 Å². The second-order valence-electron chi connectivity index (χ2n) is 26.0. The normalized spacial score (nSPS) is 15.0. The minimum Gasteiger partial charge on any atom is -0.369 e. The molecular formula is C85H87Br2ClN16O2S2. The van der Waals surface area contributed by atoms with Gasteiger partial charge in [0.05, 0.1) is 44.5 Å². The molecule has 0 radical (unpaired) electrons. The lowest BCUT2D eigenvalue weighted by Gasteiger charge is -2.30. The van der Waals surface area contributed by atoms with Crippen LogP contribution in [0.15, 0.2) is 293 Å². The van der Waals surface area contributed by atoms with E-state index in [9.17, 15) is 8.42 Å². The highest BCUT2D eigenvalue weighted by atomic mass is 79.9. The van der Waals surface area contributed by atoms with Crippen LogP contribution in [0.4, 0.5) is 56.9 Å². The van der Waals surface area contributed by atoms with Gasteiger partial charge in [-0.2, -0.15) is 0 Å². The van der Waals surface area contributed by atoms with E-state index in [1.165, 1.54) is 50.3 Å². The summed E-state index contributed by atoms with van der Waals surface area (Å²) in [5.74, 6) is 3.41. The molecule has 1 aromatic heterocycles. The van der Waals surface area contributed by atoms with Gasteiger partial charge in [0, 0.05) is 97.9 Å². The summed E-state index contributed by atoms with van der Waals surface area (Å²) in [7, 11) is -3.35. The molecule has 0 spiro atoms. The number of aromatic nitrogens is 1. The summed E-state index contributed by atoms with van der Waals surface area (Å²) in [5.41, 5.74) is 48.0. The van der Waals surface area contributed by atoms with Crippen molar-refractivity contribution in [3.63, 3.8) is 0 Å². The maximum absolute atomic E-state index is 11.9. The number of halogens is 3. The number of para-hydroxylation sites is 8. The summed E-state index contributed by atoms with van der Waals surface area (Å²) in [6.07, 6.45) is 12.6. The molecule has 0 aliphatic carbocycles. The summed E-state index contributed by atoms with van der Waals surface area (Å²) >= 11 is 14.9. The fourth-order valence-corrected chi connectivity index (χ4v) is 16.1. The van der Waals surface area contributed by atoms with Crippen molar-refractivity contribution in [2.24, 2.45) is 53.6 Å². The van der Waals surface area contributed by atoms with Crippen molar-refractivity contribution in [2.75, 3.05) is 69.2 Å². The van der Waals surface area contributed by atoms with Crippen molar-refractivity contribution >= 4 is 163 Å². The number of nitrogens with zero attached hydrogens (tertiary/aromatic N) is 11. The lowest BCUT2D eigenvalue weighted by molar-refractivity contribution is 0.602. The molecule has 0 saturated heterocycles. The topological polar surface area (TPSA) is 255 Å². The van der Waals surface area contributed by atoms with Crippen LogP contribution in [0.25, 0.3) is 10.9 Å². The number of nitrogens with two attached hydrogens (primary N) is 5. The minimum absolute atomic E-state index is 0.188. The van der Waals surface area contributed by atoms with Crippen LogP contribution in [-0.2, 0) is 41.9 Å². The molecule has 23 heteroatoms. The first-order valence-electron chi connectivity index (χ1n) is 36.0. The third kappa shape index (κ3) is 19.6. The molecule has 5 aliphatic heterocycles. The monoisotopic (exact) mass is 1620 g/mol. The van der Waals surface area contributed by atoms with Gasteiger partial charge in [-0.15, -0.1) is 11.8 Å². The van der Waals surface area contributed by atoms with Gasteiger partial charge in [-0.1, -0.05) is 174 Å². The maximum Gasteiger partial charge on any atom is 0.201 e. The van der Waals surface area contributed by atoms with Crippen LogP contribution in [-0.4, -0.2) is 87.9 Å². The zero-order valence-corrected chi connectivity index (χ0v) is 65.9. The lowest BCUT2D eigenvalue weighted by atomic mass is 10.0. The summed E-state index contributed by atoms with van der Waals surface area (Å²) in [6.45, 7) is 6.47. The van der Waals surface area contributed by atoms with Gasteiger partial charge in [0.15, 0.2) is 9.84 Å². The van der Waals surface area contributed by atoms with Crippen molar-refractivity contribution in [3.8, 4) is 0 Å². The molecule has 108 heavy (non-hydrogen) atoms. The SMILES string of the molecule is CCc1ccccc1N=C(N)N1CCCc2ccccc21.CS(=O)(=O)c1ccccc1N=C(N)N1CCCc2ccccc21.NC(=Nc1cc(Br)ccc1Br)N1CCSc2ccc(Cl)cc21.NC(=Nc1cccc2cccnc12)N1CCCc2ccccc21.NC(=Nc1ccccc1)N1CCCc2ccccc21. The average molecular weight is 1620 g/mol. The predicted octanol–water partition coefficient (Wildman–Crippen LogP) is 18.3. The van der Waals surface area contributed by atoms with Crippen molar-refractivity contribution < 1.29 is 8.42 Å². The Bertz CT molecular complexity index is 5250. The number of guanidine groups is 5. The number of sulfone groups is 1. The number of anilines is 5. The van der Waals surface area contributed by atoms with Gasteiger partial charge in [0.1, 0.15) is 0 Å². The summed E-state index contributed by atoms with van der Waals surface area (Å²) in [4.78, 5) is 38.9. The Kier molecular flexibility index (Phi) is 26.3. The summed E-state index contributed by atoms with van der Waals surface area (Å²) in [6, 6.07) is 79.6. The molecule has 5 aliphatic rings. The van der Waals surface area contributed by atoms with Crippen LogP contribution in [0.5, 0.6) is 0 Å². The molecule has 10 N–H and O–H groups in total. The summed E-state index contributed by atoms with van der Waals surface area (Å²) in [5, 5.41) is 1.77. The first-order chi connectivity index (χ1) is 52.5. The molecule has 16 rings (SSSR count). The number of aliphatic imine (C=N–C) groups is 5. The van der Waals surface area contributed by atoms with Crippen LogP contribution in [0.1, 0.15) is 60.4 Å². The standard InChI is InChI=1S/C19H18N4.C18H21N3.C17H19N3O2S.C16H17N3.C15H12Br2ClN3S/c20-19(23-13-5-9-14-6-1-2-11-17(14)23)22-16-10-3-7-15-8-4-12-21-18(15)16;1-2-14-8-3-5-11-16(14)20-18(19)21-13-7-10-15-9-4-6-12-17(15)21;1-23(21,22)16-11-5-3-9-14(16)19-17(18)20-12-6-8-13-7-2-4-10-15(13)20;17-16(18-14-9-2-1-3-10-14)19-12-6-8-13-7-4-5-11-15(13)19;16-9-1-3-11(17)12(7-9)20-15(19)21-5-6-22-14-4-2-10(18)8-13(14)21/h1-4,6-8,10-12H,5,9,13H2,(H2,20,22);3-6,8-9,11-12H,2,7,10,13H2,1H3,(H2,19,20);2-5,7,9-11H,6,8,12H2,1H3,(H2,18,19);1-5,7,9-11H,6,8,12H2,(H2,17,18);1-4,7-8H,5-6H2,(H2,19,20). The van der Waals surface area contributed by atoms with E-state index in [1.54, 1.807) is 42.2 Å². The molecule has 0 atom stereocenters. The van der Waals surface area contributed by atoms with Gasteiger partial charge in [-0.25, -0.2) is 33.4 Å². The van der Waals surface area contributed by atoms with Gasteiger partial charge in [-0.3, -0.25) is 4.98 Å². The molecule has 0 saturated carbocycles. The van der Waals surface area contributed by atoms with E-state index in [2.05, 4.69) is 156 Å². The molecule has 0 bridgehead atoms. The largest absolute Gasteiger partial charge is 0.369 e. The number of fused-ring (bicyclic) bond motifs is 6. The van der Waals surface area contributed by atoms with E-state index in [0.717, 1.165) is 156 Å². The minimum atomic E-state index is -3.35. The van der Waals surface area contributed by atoms with E-state index in [-0.39, 0.29) is 4.90 Å². The Morgan fingerprint density at radius 3 is 1.42 bits per heavy atom. The van der Waals surface area contributed by atoms with E-state index in [4.69, 9.17) is 40.3 Å². The number of aryl methyl sites for hydroxylation is 5. The van der Waals surface area contributed by atoms with Crippen molar-refractivity contribution in [1.82, 2.24) is 4.98 Å². The molecule has 552 valence electrons. The number of rotatable bonds is 7. The number of thioether (sulfide) groups is 1. The molecule has 11 aromatic rings. The highest BCUT2D eigenvalue weighted by molar-refractivity contribution is 9.11. The van der Waals surface area contributed by atoms with E-state index in [1.807, 2.05) is 155 Å². The van der Waals surface area contributed by atoms with Gasteiger partial charge in [0.25, 0.3) is 0 Å². The molecule has 18 nitrogen and oxygen atoms in total. The number of benzene rings is 10. The molecule has 10 aromatic carbocycles. The zero-order chi connectivity index (χ0) is 75.5. The van der Waals surface area contributed by atoms with Gasteiger partial charge < -0.3 is 53.2 Å². The first-order valence-corrected chi connectivity index (χ1v) is 40.8. The van der Waals surface area contributed by atoms with Crippen LogP contribution >= 0.6 is 55.2 Å². The maximum atomic E-state index is 11.9. The van der Waals surface area contributed by atoms with Crippen LogP contribution in [0.3, 0.4) is 0 Å². The Morgan fingerprint density at radius 2 is 0.880 bits per heavy atom. The third-order valence-electron chi connectivity index (χ3n) is 18.7.